The molecule has 0 aromatic carbocycles. The van der Waals surface area contributed by atoms with Crippen molar-refractivity contribution in [2.75, 3.05) is 19.8 Å². The molecule has 0 bridgehead atoms. The number of ether oxygens (including phenoxy) is 4. The van der Waals surface area contributed by atoms with Gasteiger partial charge in [0.25, 0.3) is 0 Å². The Balaban J connectivity index is 3.06. The monoisotopic (exact) mass is 274 g/mol. The largest absolute Gasteiger partial charge is 0.393 e. The lowest BCUT2D eigenvalue weighted by atomic mass is 9.92. The number of rotatable bonds is 8. The van der Waals surface area contributed by atoms with E-state index in [0.717, 1.165) is 0 Å². The third-order valence-electron chi connectivity index (χ3n) is 3.08. The maximum absolute atomic E-state index is 11.8. The molecule has 1 saturated heterocycles. The molecule has 2 unspecified atom stereocenters. The van der Waals surface area contributed by atoms with Gasteiger partial charge in [-0.05, 0) is 27.7 Å². The van der Waals surface area contributed by atoms with E-state index in [1.54, 1.807) is 20.8 Å². The number of carbonyl (C=O) groups excluding carboxylic acids is 2. The van der Waals surface area contributed by atoms with Crippen LogP contribution < -0.4 is 0 Å². The molecule has 1 heterocycles. The van der Waals surface area contributed by atoms with E-state index in [1.807, 2.05) is 6.92 Å². The topological polar surface area (TPSA) is 71.1 Å². The van der Waals surface area contributed by atoms with Gasteiger partial charge in [-0.3, -0.25) is 9.59 Å². The fourth-order valence-corrected chi connectivity index (χ4v) is 2.36. The van der Waals surface area contributed by atoms with Gasteiger partial charge in [0.2, 0.25) is 5.79 Å². The molecule has 2 atom stereocenters. The minimum Gasteiger partial charge on any atom is -0.393 e. The van der Waals surface area contributed by atoms with Crippen LogP contribution in [0.2, 0.25) is 0 Å². The third-order valence-corrected chi connectivity index (χ3v) is 3.08. The summed E-state index contributed by atoms with van der Waals surface area (Å²) in [5.41, 5.74) is 0. The van der Waals surface area contributed by atoms with Gasteiger partial charge in [0.05, 0.1) is 6.42 Å². The van der Waals surface area contributed by atoms with Crippen LogP contribution in [-0.2, 0) is 28.5 Å². The Kier molecular flexibility index (Phi) is 5.90. The molecule has 110 valence electrons. The second kappa shape index (κ2) is 6.98. The SMILES string of the molecule is CCOC(C)C(OCC)(OCC)C1CC(=O)OC1=O. The Morgan fingerprint density at radius 2 is 1.79 bits per heavy atom. The molecule has 1 aliphatic heterocycles. The summed E-state index contributed by atoms with van der Waals surface area (Å²) in [4.78, 5) is 23.1. The van der Waals surface area contributed by atoms with Crippen molar-refractivity contribution < 1.29 is 28.5 Å². The quantitative estimate of drug-likeness (QED) is 0.377. The van der Waals surface area contributed by atoms with E-state index >= 15 is 0 Å². The summed E-state index contributed by atoms with van der Waals surface area (Å²) >= 11 is 0. The zero-order valence-electron chi connectivity index (χ0n) is 11.9. The molecular formula is C13H22O6. The lowest BCUT2D eigenvalue weighted by Crippen LogP contribution is -2.54. The first-order valence-electron chi connectivity index (χ1n) is 6.65. The molecule has 0 aromatic heterocycles. The maximum atomic E-state index is 11.8. The number of esters is 2. The van der Waals surface area contributed by atoms with Gasteiger partial charge < -0.3 is 18.9 Å². The van der Waals surface area contributed by atoms with Gasteiger partial charge in [-0.25, -0.2) is 0 Å². The number of hydrogen-bond acceptors (Lipinski definition) is 6. The van der Waals surface area contributed by atoms with Gasteiger partial charge in [0, 0.05) is 19.8 Å². The predicted octanol–water partition coefficient (Wildman–Crippen LogP) is 1.27. The van der Waals surface area contributed by atoms with Crippen molar-refractivity contribution >= 4 is 11.9 Å². The van der Waals surface area contributed by atoms with Crippen LogP contribution >= 0.6 is 0 Å². The lowest BCUT2D eigenvalue weighted by molar-refractivity contribution is -0.305. The minimum atomic E-state index is -1.28. The van der Waals surface area contributed by atoms with Gasteiger partial charge in [-0.15, -0.1) is 0 Å². The van der Waals surface area contributed by atoms with Gasteiger partial charge in [0.15, 0.2) is 0 Å². The van der Waals surface area contributed by atoms with Crippen molar-refractivity contribution in [2.45, 2.75) is 46.0 Å². The van der Waals surface area contributed by atoms with Crippen molar-refractivity contribution in [3.63, 3.8) is 0 Å². The summed E-state index contributed by atoms with van der Waals surface area (Å²) in [5, 5.41) is 0. The van der Waals surface area contributed by atoms with E-state index in [9.17, 15) is 9.59 Å². The van der Waals surface area contributed by atoms with Crippen LogP contribution in [0.15, 0.2) is 0 Å². The van der Waals surface area contributed by atoms with Crippen LogP contribution in [0.25, 0.3) is 0 Å². The third kappa shape index (κ3) is 3.32. The molecular weight excluding hydrogens is 252 g/mol. The first-order valence-corrected chi connectivity index (χ1v) is 6.65. The molecule has 0 aliphatic carbocycles. The molecule has 19 heavy (non-hydrogen) atoms. The molecule has 0 spiro atoms. The van der Waals surface area contributed by atoms with Crippen LogP contribution in [-0.4, -0.2) is 43.7 Å². The Morgan fingerprint density at radius 3 is 2.16 bits per heavy atom. The number of carbonyl (C=O) groups is 2. The Morgan fingerprint density at radius 1 is 1.21 bits per heavy atom. The standard InChI is InChI=1S/C13H22O6/c1-5-16-9(4)13(17-6-2,18-7-3)10-8-11(14)19-12(10)15/h9-10H,5-8H2,1-4H3. The van der Waals surface area contributed by atoms with Crippen molar-refractivity contribution in [1.29, 1.82) is 0 Å². The van der Waals surface area contributed by atoms with Crippen LogP contribution in [0.4, 0.5) is 0 Å². The first-order chi connectivity index (χ1) is 9.01. The van der Waals surface area contributed by atoms with E-state index < -0.39 is 29.7 Å². The molecule has 0 saturated carbocycles. The molecule has 1 fully saturated rings. The zero-order chi connectivity index (χ0) is 14.5. The maximum Gasteiger partial charge on any atom is 0.322 e. The summed E-state index contributed by atoms with van der Waals surface area (Å²) in [6.07, 6.45) is -0.531. The normalized spacial score (nSPS) is 21.6. The summed E-state index contributed by atoms with van der Waals surface area (Å²) in [5.74, 6) is -3.23. The van der Waals surface area contributed by atoms with E-state index in [-0.39, 0.29) is 6.42 Å². The highest BCUT2D eigenvalue weighted by Gasteiger charge is 2.55. The van der Waals surface area contributed by atoms with Gasteiger partial charge >= 0.3 is 11.9 Å². The highest BCUT2D eigenvalue weighted by molar-refractivity contribution is 5.95. The van der Waals surface area contributed by atoms with E-state index in [4.69, 9.17) is 14.2 Å². The van der Waals surface area contributed by atoms with Crippen molar-refractivity contribution in [2.24, 2.45) is 5.92 Å². The molecule has 1 aliphatic rings. The van der Waals surface area contributed by atoms with Crippen LogP contribution in [0.5, 0.6) is 0 Å². The molecule has 6 nitrogen and oxygen atoms in total. The Labute approximate surface area is 113 Å². The number of hydrogen-bond donors (Lipinski definition) is 0. The van der Waals surface area contributed by atoms with Crippen molar-refractivity contribution in [3.05, 3.63) is 0 Å². The van der Waals surface area contributed by atoms with Crippen LogP contribution in [0, 0.1) is 5.92 Å². The fourth-order valence-electron chi connectivity index (χ4n) is 2.36. The summed E-state index contributed by atoms with van der Waals surface area (Å²) in [6.45, 7) is 8.36. The smallest absolute Gasteiger partial charge is 0.322 e. The number of cyclic esters (lactones) is 2. The van der Waals surface area contributed by atoms with E-state index in [0.29, 0.717) is 19.8 Å². The first kappa shape index (κ1) is 16.1. The molecule has 0 radical (unpaired) electrons. The van der Waals surface area contributed by atoms with Crippen LogP contribution in [0.3, 0.4) is 0 Å². The molecule has 1 rings (SSSR count). The Hall–Kier alpha value is -0.980. The average Bonchev–Trinajstić information content (AvgIpc) is 2.68. The Bertz CT molecular complexity index is 321. The molecule has 0 aromatic rings. The molecule has 0 N–H and O–H groups in total. The van der Waals surface area contributed by atoms with Crippen LogP contribution in [0.1, 0.15) is 34.1 Å². The predicted molar refractivity (Wildman–Crippen MR) is 66.3 cm³/mol. The second-order valence-electron chi connectivity index (χ2n) is 4.23. The lowest BCUT2D eigenvalue weighted by Gasteiger charge is -2.40. The van der Waals surface area contributed by atoms with E-state index in [2.05, 4.69) is 4.74 Å². The summed E-state index contributed by atoms with van der Waals surface area (Å²) < 4.78 is 21.5. The molecule has 0 amide bonds. The summed E-state index contributed by atoms with van der Waals surface area (Å²) in [7, 11) is 0. The van der Waals surface area contributed by atoms with E-state index in [1.165, 1.54) is 0 Å². The fraction of sp³-hybridized carbons (Fsp3) is 0.846. The van der Waals surface area contributed by atoms with Crippen molar-refractivity contribution in [1.82, 2.24) is 0 Å². The highest BCUT2D eigenvalue weighted by Crippen LogP contribution is 2.36. The van der Waals surface area contributed by atoms with Crippen molar-refractivity contribution in [3.8, 4) is 0 Å². The zero-order valence-corrected chi connectivity index (χ0v) is 11.9. The van der Waals surface area contributed by atoms with Gasteiger partial charge in [0.1, 0.15) is 12.0 Å². The van der Waals surface area contributed by atoms with Gasteiger partial charge in [-0.2, -0.15) is 0 Å². The average molecular weight is 274 g/mol. The minimum absolute atomic E-state index is 0.0454. The molecule has 6 heteroatoms. The highest BCUT2D eigenvalue weighted by atomic mass is 16.7. The second-order valence-corrected chi connectivity index (χ2v) is 4.23. The summed E-state index contributed by atoms with van der Waals surface area (Å²) in [6, 6.07) is 0. The van der Waals surface area contributed by atoms with Gasteiger partial charge in [-0.1, -0.05) is 0 Å².